The number of aromatic amines is 1. The number of rotatable bonds is 4. The Labute approximate surface area is 71.3 Å². The van der Waals surface area contributed by atoms with E-state index in [1.807, 2.05) is 0 Å². The Kier molecular flexibility index (Phi) is 3.25. The highest BCUT2D eigenvalue weighted by Crippen LogP contribution is 2.07. The van der Waals surface area contributed by atoms with Gasteiger partial charge in [0.25, 0.3) is 0 Å². The van der Waals surface area contributed by atoms with E-state index in [2.05, 4.69) is 16.9 Å². The van der Waals surface area contributed by atoms with Crippen molar-refractivity contribution in [2.24, 2.45) is 0 Å². The molecule has 1 aromatic heterocycles. The van der Waals surface area contributed by atoms with Crippen molar-refractivity contribution in [1.29, 1.82) is 0 Å². The van der Waals surface area contributed by atoms with Crippen LogP contribution in [-0.2, 0) is 19.6 Å². The van der Waals surface area contributed by atoms with Gasteiger partial charge in [0, 0.05) is 6.42 Å². The van der Waals surface area contributed by atoms with Crippen molar-refractivity contribution < 1.29 is 10.2 Å². The molecular weight excluding hydrogens is 156 g/mol. The minimum atomic E-state index is -0.115. The number of aliphatic hydroxyl groups excluding tert-OH is 2. The quantitative estimate of drug-likeness (QED) is 0.610. The standard InChI is InChI=1S/C8H14N2O2/c1-2-3-8-9-6(4-11)7(5-12)10-8/h11-12H,2-5H2,1H3,(H,9,10). The molecule has 1 aromatic rings. The molecule has 0 aliphatic rings. The predicted octanol–water partition coefficient (Wildman–Crippen LogP) is 0.347. The number of aliphatic hydroxyl groups is 2. The summed E-state index contributed by atoms with van der Waals surface area (Å²) in [5.74, 6) is 0.839. The molecule has 0 radical (unpaired) electrons. The SMILES string of the molecule is CCCc1nc(CO)c(CO)[nH]1. The van der Waals surface area contributed by atoms with Crippen LogP contribution < -0.4 is 0 Å². The zero-order chi connectivity index (χ0) is 8.97. The average Bonchev–Trinajstić information content (AvgIpc) is 2.48. The lowest BCUT2D eigenvalue weighted by Crippen LogP contribution is -1.91. The summed E-state index contributed by atoms with van der Waals surface area (Å²) in [6.45, 7) is 1.85. The Bertz CT molecular complexity index is 224. The number of hydrogen-bond acceptors (Lipinski definition) is 3. The largest absolute Gasteiger partial charge is 0.390 e. The third-order valence-corrected chi connectivity index (χ3v) is 1.71. The second-order valence-corrected chi connectivity index (χ2v) is 2.67. The van der Waals surface area contributed by atoms with E-state index in [0.29, 0.717) is 11.4 Å². The van der Waals surface area contributed by atoms with Crippen LogP contribution in [0.2, 0.25) is 0 Å². The van der Waals surface area contributed by atoms with Gasteiger partial charge in [0.15, 0.2) is 0 Å². The van der Waals surface area contributed by atoms with Gasteiger partial charge < -0.3 is 15.2 Å². The van der Waals surface area contributed by atoms with E-state index in [-0.39, 0.29) is 13.2 Å². The first-order valence-electron chi connectivity index (χ1n) is 4.10. The number of H-pyrrole nitrogens is 1. The zero-order valence-electron chi connectivity index (χ0n) is 7.17. The lowest BCUT2D eigenvalue weighted by Gasteiger charge is -1.91. The van der Waals surface area contributed by atoms with E-state index in [4.69, 9.17) is 10.2 Å². The van der Waals surface area contributed by atoms with Crippen molar-refractivity contribution in [3.8, 4) is 0 Å². The Morgan fingerprint density at radius 2 is 2.08 bits per heavy atom. The van der Waals surface area contributed by atoms with Crippen LogP contribution in [0, 0.1) is 0 Å². The van der Waals surface area contributed by atoms with Gasteiger partial charge in [-0.05, 0) is 6.42 Å². The first-order chi connectivity index (χ1) is 5.81. The molecule has 1 rings (SSSR count). The van der Waals surface area contributed by atoms with Crippen molar-refractivity contribution in [2.75, 3.05) is 0 Å². The Hall–Kier alpha value is -0.870. The second-order valence-electron chi connectivity index (χ2n) is 2.67. The zero-order valence-corrected chi connectivity index (χ0v) is 7.17. The fourth-order valence-electron chi connectivity index (χ4n) is 1.12. The highest BCUT2D eigenvalue weighted by Gasteiger charge is 2.06. The van der Waals surface area contributed by atoms with Gasteiger partial charge in [-0.2, -0.15) is 0 Å². The van der Waals surface area contributed by atoms with E-state index >= 15 is 0 Å². The van der Waals surface area contributed by atoms with E-state index in [0.717, 1.165) is 18.7 Å². The summed E-state index contributed by atoms with van der Waals surface area (Å²) >= 11 is 0. The van der Waals surface area contributed by atoms with Gasteiger partial charge in [-0.15, -0.1) is 0 Å². The second kappa shape index (κ2) is 4.23. The minimum Gasteiger partial charge on any atom is -0.390 e. The molecule has 3 N–H and O–H groups in total. The fraction of sp³-hybridized carbons (Fsp3) is 0.625. The van der Waals surface area contributed by atoms with Crippen LogP contribution in [0.5, 0.6) is 0 Å². The summed E-state index contributed by atoms with van der Waals surface area (Å²) in [5, 5.41) is 17.7. The van der Waals surface area contributed by atoms with Gasteiger partial charge in [-0.3, -0.25) is 0 Å². The van der Waals surface area contributed by atoms with Gasteiger partial charge in [-0.25, -0.2) is 4.98 Å². The molecule has 0 saturated heterocycles. The topological polar surface area (TPSA) is 69.1 Å². The third kappa shape index (κ3) is 1.84. The highest BCUT2D eigenvalue weighted by atomic mass is 16.3. The smallest absolute Gasteiger partial charge is 0.106 e. The van der Waals surface area contributed by atoms with E-state index in [1.165, 1.54) is 0 Å². The maximum Gasteiger partial charge on any atom is 0.106 e. The van der Waals surface area contributed by atoms with Gasteiger partial charge in [0.1, 0.15) is 5.82 Å². The number of aromatic nitrogens is 2. The number of hydrogen-bond donors (Lipinski definition) is 3. The Morgan fingerprint density at radius 1 is 1.33 bits per heavy atom. The molecule has 0 spiro atoms. The molecule has 0 aliphatic carbocycles. The van der Waals surface area contributed by atoms with E-state index < -0.39 is 0 Å². The average molecular weight is 170 g/mol. The van der Waals surface area contributed by atoms with Gasteiger partial charge >= 0.3 is 0 Å². The minimum absolute atomic E-state index is 0.0907. The van der Waals surface area contributed by atoms with Crippen molar-refractivity contribution >= 4 is 0 Å². The maximum atomic E-state index is 8.85. The molecule has 4 heteroatoms. The number of nitrogens with one attached hydrogen (secondary N) is 1. The van der Waals surface area contributed by atoms with Crippen LogP contribution in [0.4, 0.5) is 0 Å². The molecule has 0 aliphatic heterocycles. The number of aryl methyl sites for hydroxylation is 1. The summed E-state index contributed by atoms with van der Waals surface area (Å²) in [7, 11) is 0. The van der Waals surface area contributed by atoms with Gasteiger partial charge in [-0.1, -0.05) is 6.92 Å². The normalized spacial score (nSPS) is 10.6. The molecule has 4 nitrogen and oxygen atoms in total. The van der Waals surface area contributed by atoms with Crippen LogP contribution >= 0.6 is 0 Å². The number of imidazole rings is 1. The molecular formula is C8H14N2O2. The molecule has 68 valence electrons. The van der Waals surface area contributed by atoms with Crippen LogP contribution in [0.25, 0.3) is 0 Å². The summed E-state index contributed by atoms with van der Waals surface area (Å²) in [4.78, 5) is 7.09. The van der Waals surface area contributed by atoms with E-state index in [1.54, 1.807) is 0 Å². The lowest BCUT2D eigenvalue weighted by molar-refractivity contribution is 0.255. The molecule has 0 amide bonds. The first-order valence-corrected chi connectivity index (χ1v) is 4.10. The van der Waals surface area contributed by atoms with Crippen molar-refractivity contribution in [1.82, 2.24) is 9.97 Å². The lowest BCUT2D eigenvalue weighted by atomic mass is 10.3. The highest BCUT2D eigenvalue weighted by molar-refractivity contribution is 5.13. The molecule has 12 heavy (non-hydrogen) atoms. The number of nitrogens with zero attached hydrogens (tertiary/aromatic N) is 1. The van der Waals surface area contributed by atoms with Crippen LogP contribution in [0.3, 0.4) is 0 Å². The fourth-order valence-corrected chi connectivity index (χ4v) is 1.12. The molecule has 0 fully saturated rings. The third-order valence-electron chi connectivity index (χ3n) is 1.71. The monoisotopic (exact) mass is 170 g/mol. The first kappa shape index (κ1) is 9.22. The maximum absolute atomic E-state index is 8.85. The summed E-state index contributed by atoms with van der Waals surface area (Å²) in [5.41, 5.74) is 1.18. The molecule has 1 heterocycles. The summed E-state index contributed by atoms with van der Waals surface area (Å²) in [6, 6.07) is 0. The van der Waals surface area contributed by atoms with Gasteiger partial charge in [0.2, 0.25) is 0 Å². The molecule has 0 atom stereocenters. The van der Waals surface area contributed by atoms with Crippen molar-refractivity contribution in [2.45, 2.75) is 33.0 Å². The summed E-state index contributed by atoms with van der Waals surface area (Å²) < 4.78 is 0. The van der Waals surface area contributed by atoms with Gasteiger partial charge in [0.05, 0.1) is 24.6 Å². The summed E-state index contributed by atoms with van der Waals surface area (Å²) in [6.07, 6.45) is 1.86. The predicted molar refractivity (Wildman–Crippen MR) is 44.4 cm³/mol. The van der Waals surface area contributed by atoms with Crippen molar-refractivity contribution in [3.05, 3.63) is 17.2 Å². The van der Waals surface area contributed by atoms with Crippen LogP contribution in [0.1, 0.15) is 30.6 Å². The Morgan fingerprint density at radius 3 is 2.50 bits per heavy atom. The van der Waals surface area contributed by atoms with Crippen LogP contribution in [0.15, 0.2) is 0 Å². The molecule has 0 unspecified atom stereocenters. The molecule has 0 saturated carbocycles. The van der Waals surface area contributed by atoms with Crippen LogP contribution in [-0.4, -0.2) is 20.2 Å². The molecule has 0 bridgehead atoms. The Balaban J connectivity index is 2.81. The van der Waals surface area contributed by atoms with E-state index in [9.17, 15) is 0 Å². The van der Waals surface area contributed by atoms with Crippen molar-refractivity contribution in [3.63, 3.8) is 0 Å². The molecule has 0 aromatic carbocycles.